The summed E-state index contributed by atoms with van der Waals surface area (Å²) >= 11 is 12.0. The summed E-state index contributed by atoms with van der Waals surface area (Å²) in [4.78, 5) is 22.2. The lowest BCUT2D eigenvalue weighted by Gasteiger charge is -2.14. The smallest absolute Gasteiger partial charge is 0.371 e. The van der Waals surface area contributed by atoms with Gasteiger partial charge in [0.1, 0.15) is 5.76 Å². The third kappa shape index (κ3) is 3.37. The van der Waals surface area contributed by atoms with Gasteiger partial charge in [-0.25, -0.2) is 4.79 Å². The van der Waals surface area contributed by atoms with Crippen molar-refractivity contribution in [3.05, 3.63) is 57.5 Å². The molecule has 0 radical (unpaired) electrons. The Morgan fingerprint density at radius 3 is 2.19 bits per heavy atom. The van der Waals surface area contributed by atoms with E-state index in [0.29, 0.717) is 0 Å². The number of aromatic carboxylic acids is 1. The highest BCUT2D eigenvalue weighted by atomic mass is 35.5. The van der Waals surface area contributed by atoms with E-state index in [1.54, 1.807) is 18.2 Å². The van der Waals surface area contributed by atoms with Gasteiger partial charge in [-0.3, -0.25) is 4.79 Å². The first kappa shape index (κ1) is 15.4. The second kappa shape index (κ2) is 6.20. The van der Waals surface area contributed by atoms with Crippen molar-refractivity contribution < 1.29 is 24.2 Å². The van der Waals surface area contributed by atoms with Crippen molar-refractivity contribution in [1.29, 1.82) is 0 Å². The normalized spacial score (nSPS) is 12.1. The number of carbonyl (C=O) groups is 2. The Bertz CT molecular complexity index is 672. The van der Waals surface area contributed by atoms with Crippen LogP contribution in [0.3, 0.4) is 0 Å². The van der Waals surface area contributed by atoms with Crippen LogP contribution >= 0.6 is 23.2 Å². The van der Waals surface area contributed by atoms with Crippen LogP contribution in [0.25, 0.3) is 0 Å². The lowest BCUT2D eigenvalue weighted by Crippen LogP contribution is -2.15. The second-order valence-electron chi connectivity index (χ2n) is 4.30. The van der Waals surface area contributed by atoms with Gasteiger partial charge in [-0.2, -0.15) is 0 Å². The molecule has 1 aromatic carbocycles. The van der Waals surface area contributed by atoms with Gasteiger partial charge in [-0.1, -0.05) is 29.3 Å². The molecule has 1 unspecified atom stereocenters. The molecule has 0 aliphatic heterocycles. The van der Waals surface area contributed by atoms with E-state index in [4.69, 9.17) is 32.7 Å². The van der Waals surface area contributed by atoms with Gasteiger partial charge in [0, 0.05) is 22.0 Å². The van der Waals surface area contributed by atoms with Crippen molar-refractivity contribution in [2.75, 3.05) is 0 Å². The molecule has 0 spiro atoms. The van der Waals surface area contributed by atoms with Gasteiger partial charge in [0.15, 0.2) is 0 Å². The van der Waals surface area contributed by atoms with Crippen LogP contribution in [0.4, 0.5) is 0 Å². The molecule has 5 nitrogen and oxygen atoms in total. The molecule has 2 rings (SSSR count). The molecular weight excluding hydrogens is 319 g/mol. The maximum absolute atomic E-state index is 11.5. The summed E-state index contributed by atoms with van der Waals surface area (Å²) in [5, 5.41) is 18.6. The highest BCUT2D eigenvalue weighted by Gasteiger charge is 2.27. The summed E-state index contributed by atoms with van der Waals surface area (Å²) in [7, 11) is 0. The fourth-order valence-electron chi connectivity index (χ4n) is 1.96. The Hall–Kier alpha value is -1.98. The van der Waals surface area contributed by atoms with E-state index in [-0.39, 0.29) is 33.6 Å². The topological polar surface area (TPSA) is 87.7 Å². The SMILES string of the molecule is O=C(O)c1ccc(CC(C(=O)O)c2c(Cl)cccc2Cl)o1. The van der Waals surface area contributed by atoms with Gasteiger partial charge >= 0.3 is 11.9 Å². The minimum absolute atomic E-state index is 0.0495. The molecule has 0 amide bonds. The number of hydrogen-bond acceptors (Lipinski definition) is 3. The maximum atomic E-state index is 11.5. The third-order valence-electron chi connectivity index (χ3n) is 2.92. The molecule has 1 atom stereocenters. The predicted octanol–water partition coefficient (Wildman–Crippen LogP) is 3.70. The summed E-state index contributed by atoms with van der Waals surface area (Å²) < 4.78 is 5.08. The Morgan fingerprint density at radius 2 is 1.71 bits per heavy atom. The number of aliphatic carboxylic acids is 1. The molecule has 7 heteroatoms. The summed E-state index contributed by atoms with van der Waals surface area (Å²) in [6.07, 6.45) is -0.0495. The summed E-state index contributed by atoms with van der Waals surface area (Å²) in [6, 6.07) is 7.39. The molecule has 0 bridgehead atoms. The van der Waals surface area contributed by atoms with Crippen LogP contribution in [-0.4, -0.2) is 22.2 Å². The minimum atomic E-state index is -1.22. The Kier molecular flexibility index (Phi) is 4.55. The molecule has 0 aliphatic carbocycles. The molecule has 0 saturated carbocycles. The van der Waals surface area contributed by atoms with E-state index in [2.05, 4.69) is 0 Å². The van der Waals surface area contributed by atoms with Gasteiger partial charge in [0.2, 0.25) is 5.76 Å². The second-order valence-corrected chi connectivity index (χ2v) is 5.12. The third-order valence-corrected chi connectivity index (χ3v) is 3.58. The molecule has 0 aliphatic rings. The van der Waals surface area contributed by atoms with Crippen LogP contribution in [0, 0.1) is 0 Å². The highest BCUT2D eigenvalue weighted by molar-refractivity contribution is 6.36. The van der Waals surface area contributed by atoms with Crippen LogP contribution < -0.4 is 0 Å². The minimum Gasteiger partial charge on any atom is -0.481 e. The molecule has 110 valence electrons. The summed E-state index contributed by atoms with van der Waals surface area (Å²) in [5.41, 5.74) is 0.279. The van der Waals surface area contributed by atoms with E-state index < -0.39 is 17.9 Å². The quantitative estimate of drug-likeness (QED) is 0.873. The van der Waals surface area contributed by atoms with Crippen molar-refractivity contribution in [2.24, 2.45) is 0 Å². The Morgan fingerprint density at radius 1 is 1.10 bits per heavy atom. The zero-order valence-corrected chi connectivity index (χ0v) is 12.1. The van der Waals surface area contributed by atoms with E-state index in [1.165, 1.54) is 12.1 Å². The Balaban J connectivity index is 2.36. The first-order valence-corrected chi connectivity index (χ1v) is 6.64. The zero-order valence-electron chi connectivity index (χ0n) is 10.5. The van der Waals surface area contributed by atoms with E-state index in [9.17, 15) is 14.7 Å². The fraction of sp³-hybridized carbons (Fsp3) is 0.143. The van der Waals surface area contributed by atoms with Gasteiger partial charge in [-0.05, 0) is 24.3 Å². The lowest BCUT2D eigenvalue weighted by molar-refractivity contribution is -0.138. The van der Waals surface area contributed by atoms with E-state index >= 15 is 0 Å². The maximum Gasteiger partial charge on any atom is 0.371 e. The number of halogens is 2. The van der Waals surface area contributed by atoms with Crippen molar-refractivity contribution in [3.63, 3.8) is 0 Å². The molecular formula is C14H10Cl2O5. The summed E-state index contributed by atoms with van der Waals surface area (Å²) in [6.45, 7) is 0. The standard InChI is InChI=1S/C14H10Cl2O5/c15-9-2-1-3-10(16)12(9)8(13(17)18)6-7-4-5-11(21-7)14(19)20/h1-5,8H,6H2,(H,17,18)(H,19,20). The average Bonchev–Trinajstić information content (AvgIpc) is 2.86. The van der Waals surface area contributed by atoms with Crippen LogP contribution in [0.2, 0.25) is 10.0 Å². The first-order valence-electron chi connectivity index (χ1n) is 5.89. The average molecular weight is 329 g/mol. The number of furan rings is 1. The largest absolute Gasteiger partial charge is 0.481 e. The number of carboxylic acid groups (broad SMARTS) is 2. The van der Waals surface area contributed by atoms with Crippen molar-refractivity contribution in [3.8, 4) is 0 Å². The molecule has 0 saturated heterocycles. The van der Waals surface area contributed by atoms with Gasteiger partial charge in [-0.15, -0.1) is 0 Å². The molecule has 0 fully saturated rings. The predicted molar refractivity (Wildman–Crippen MR) is 76.2 cm³/mol. The lowest BCUT2D eigenvalue weighted by atomic mass is 9.94. The van der Waals surface area contributed by atoms with Gasteiger partial charge < -0.3 is 14.6 Å². The Labute approximate surface area is 129 Å². The van der Waals surface area contributed by atoms with Crippen LogP contribution in [0.5, 0.6) is 0 Å². The molecule has 1 heterocycles. The number of benzene rings is 1. The van der Waals surface area contributed by atoms with Crippen LogP contribution in [0.15, 0.2) is 34.7 Å². The number of hydrogen-bond donors (Lipinski definition) is 2. The van der Waals surface area contributed by atoms with Crippen LogP contribution in [-0.2, 0) is 11.2 Å². The molecule has 2 aromatic rings. The van der Waals surface area contributed by atoms with Crippen molar-refractivity contribution in [2.45, 2.75) is 12.3 Å². The van der Waals surface area contributed by atoms with E-state index in [1.807, 2.05) is 0 Å². The number of rotatable bonds is 5. The van der Waals surface area contributed by atoms with E-state index in [0.717, 1.165) is 0 Å². The van der Waals surface area contributed by atoms with Crippen LogP contribution in [0.1, 0.15) is 27.8 Å². The van der Waals surface area contributed by atoms with Crippen molar-refractivity contribution in [1.82, 2.24) is 0 Å². The molecule has 21 heavy (non-hydrogen) atoms. The summed E-state index contributed by atoms with van der Waals surface area (Å²) in [5.74, 6) is -3.39. The first-order chi connectivity index (χ1) is 9.90. The van der Waals surface area contributed by atoms with Crippen molar-refractivity contribution >= 4 is 35.1 Å². The number of carboxylic acids is 2. The molecule has 1 aromatic heterocycles. The highest BCUT2D eigenvalue weighted by Crippen LogP contribution is 2.34. The van der Waals surface area contributed by atoms with Gasteiger partial charge in [0.05, 0.1) is 5.92 Å². The van der Waals surface area contributed by atoms with Gasteiger partial charge in [0.25, 0.3) is 0 Å². The molecule has 2 N–H and O–H groups in total. The monoisotopic (exact) mass is 328 g/mol. The zero-order chi connectivity index (χ0) is 15.6. The fourth-order valence-corrected chi connectivity index (χ4v) is 2.62.